The Morgan fingerprint density at radius 1 is 1.05 bits per heavy atom. The zero-order valence-electron chi connectivity index (χ0n) is 12.8. The molecule has 0 heterocycles. The summed E-state index contributed by atoms with van der Waals surface area (Å²) in [5.74, 6) is -2.77. The highest BCUT2D eigenvalue weighted by atomic mass is 19.3. The second kappa shape index (κ2) is 5.58. The van der Waals surface area contributed by atoms with Gasteiger partial charge in [0.2, 0.25) is 0 Å². The van der Waals surface area contributed by atoms with Crippen LogP contribution < -0.4 is 5.32 Å². The Balaban J connectivity index is 3.24. The van der Waals surface area contributed by atoms with Crippen LogP contribution in [0.15, 0.2) is 12.1 Å². The molecule has 0 aliphatic rings. The van der Waals surface area contributed by atoms with Gasteiger partial charge in [0.25, 0.3) is 5.92 Å². The van der Waals surface area contributed by atoms with Crippen LogP contribution in [0.4, 0.5) is 8.78 Å². The van der Waals surface area contributed by atoms with E-state index in [-0.39, 0.29) is 17.4 Å². The van der Waals surface area contributed by atoms with Gasteiger partial charge in [0.15, 0.2) is 0 Å². The molecule has 0 unspecified atom stereocenters. The third kappa shape index (κ3) is 3.75. The van der Waals surface area contributed by atoms with Crippen molar-refractivity contribution in [1.82, 2.24) is 5.32 Å². The summed E-state index contributed by atoms with van der Waals surface area (Å²) in [5.41, 5.74) is 2.65. The van der Waals surface area contributed by atoms with Crippen molar-refractivity contribution in [2.24, 2.45) is 0 Å². The Morgan fingerprint density at radius 3 is 1.89 bits per heavy atom. The predicted octanol–water partition coefficient (Wildman–Crippen LogP) is 4.30. The van der Waals surface area contributed by atoms with Gasteiger partial charge in [0, 0.05) is 18.5 Å². The minimum atomic E-state index is -2.77. The Labute approximate surface area is 115 Å². The molecule has 0 spiro atoms. The highest BCUT2D eigenvalue weighted by Crippen LogP contribution is 2.38. The molecule has 0 atom stereocenters. The van der Waals surface area contributed by atoms with E-state index >= 15 is 0 Å². The van der Waals surface area contributed by atoms with E-state index in [1.807, 2.05) is 12.1 Å². The molecule has 108 valence electrons. The normalized spacial score (nSPS) is 12.8. The summed E-state index contributed by atoms with van der Waals surface area (Å²) in [6.45, 7) is 10.2. The highest BCUT2D eigenvalue weighted by Gasteiger charge is 2.34. The first kappa shape index (κ1) is 16.1. The Morgan fingerprint density at radius 2 is 1.53 bits per heavy atom. The molecule has 0 saturated carbocycles. The molecule has 0 radical (unpaired) electrons. The molecule has 0 saturated heterocycles. The van der Waals surface area contributed by atoms with E-state index < -0.39 is 5.92 Å². The molecule has 3 heteroatoms. The predicted molar refractivity (Wildman–Crippen MR) is 77.1 cm³/mol. The first-order chi connectivity index (χ1) is 8.59. The zero-order valence-corrected chi connectivity index (χ0v) is 12.8. The highest BCUT2D eigenvalue weighted by molar-refractivity contribution is 5.42. The average Bonchev–Trinajstić information content (AvgIpc) is 2.23. The molecule has 0 aromatic heterocycles. The van der Waals surface area contributed by atoms with Crippen molar-refractivity contribution in [3.63, 3.8) is 0 Å². The second-order valence-electron chi connectivity index (χ2n) is 6.29. The number of benzene rings is 1. The van der Waals surface area contributed by atoms with Crippen LogP contribution in [-0.4, -0.2) is 13.6 Å². The second-order valence-corrected chi connectivity index (χ2v) is 6.29. The minimum Gasteiger partial charge on any atom is -0.320 e. The molecule has 1 nitrogen and oxygen atoms in total. The van der Waals surface area contributed by atoms with E-state index in [2.05, 4.69) is 26.1 Å². The van der Waals surface area contributed by atoms with Gasteiger partial charge in [-0.3, -0.25) is 0 Å². The third-order valence-corrected chi connectivity index (χ3v) is 3.45. The summed E-state index contributed by atoms with van der Waals surface area (Å²) in [4.78, 5) is 0. The topological polar surface area (TPSA) is 12.0 Å². The lowest BCUT2D eigenvalue weighted by atomic mass is 9.82. The van der Waals surface area contributed by atoms with Crippen LogP contribution in [0.25, 0.3) is 0 Å². The smallest absolute Gasteiger partial charge is 0.274 e. The van der Waals surface area contributed by atoms with Crippen molar-refractivity contribution in [2.45, 2.75) is 52.4 Å². The molecule has 0 aliphatic carbocycles. The lowest BCUT2D eigenvalue weighted by molar-refractivity contribution is -0.0135. The van der Waals surface area contributed by atoms with Gasteiger partial charge >= 0.3 is 0 Å². The van der Waals surface area contributed by atoms with Crippen LogP contribution >= 0.6 is 0 Å². The Hall–Kier alpha value is -0.960. The largest absolute Gasteiger partial charge is 0.320 e. The molecule has 1 rings (SSSR count). The molecule has 1 aromatic rings. The molecule has 0 amide bonds. The van der Waals surface area contributed by atoms with E-state index in [1.54, 1.807) is 20.9 Å². The molecule has 19 heavy (non-hydrogen) atoms. The molecule has 1 N–H and O–H groups in total. The van der Waals surface area contributed by atoms with E-state index in [0.29, 0.717) is 17.7 Å². The lowest BCUT2D eigenvalue weighted by Crippen LogP contribution is -2.23. The molecule has 0 aliphatic heterocycles. The molecule has 1 aromatic carbocycles. The lowest BCUT2D eigenvalue weighted by Gasteiger charge is -2.26. The van der Waals surface area contributed by atoms with Crippen molar-refractivity contribution in [1.29, 1.82) is 0 Å². The molecule has 0 fully saturated rings. The van der Waals surface area contributed by atoms with Gasteiger partial charge in [0.05, 0.1) is 0 Å². The number of halogens is 2. The Bertz CT molecular complexity index is 422. The van der Waals surface area contributed by atoms with Crippen LogP contribution in [0.3, 0.4) is 0 Å². The van der Waals surface area contributed by atoms with Crippen LogP contribution in [-0.2, 0) is 11.3 Å². The van der Waals surface area contributed by atoms with Gasteiger partial charge in [-0.05, 0) is 43.0 Å². The summed E-state index contributed by atoms with van der Waals surface area (Å²) >= 11 is 0. The fraction of sp³-hybridized carbons (Fsp3) is 0.625. The first-order valence-corrected chi connectivity index (χ1v) is 6.74. The van der Waals surface area contributed by atoms with Gasteiger partial charge in [-0.15, -0.1) is 0 Å². The Kier molecular flexibility index (Phi) is 4.72. The maximum Gasteiger partial charge on any atom is 0.274 e. The third-order valence-electron chi connectivity index (χ3n) is 3.45. The van der Waals surface area contributed by atoms with Crippen molar-refractivity contribution >= 4 is 0 Å². The number of rotatable bonds is 4. The first-order valence-electron chi connectivity index (χ1n) is 6.74. The SMILES string of the molecule is CNCCC(F)(F)c1c(C)cc(C(C)(C)C)cc1C. The number of hydrogen-bond acceptors (Lipinski definition) is 1. The summed E-state index contributed by atoms with van der Waals surface area (Å²) in [6, 6.07) is 3.80. The van der Waals surface area contributed by atoms with Crippen molar-refractivity contribution in [3.8, 4) is 0 Å². The van der Waals surface area contributed by atoms with Crippen LogP contribution in [0, 0.1) is 13.8 Å². The summed E-state index contributed by atoms with van der Waals surface area (Å²) in [6.07, 6.45) is -0.167. The van der Waals surface area contributed by atoms with E-state index in [0.717, 1.165) is 5.56 Å². The van der Waals surface area contributed by atoms with Gasteiger partial charge in [0.1, 0.15) is 0 Å². The summed E-state index contributed by atoms with van der Waals surface area (Å²) in [7, 11) is 1.69. The maximum absolute atomic E-state index is 14.3. The molecular formula is C16H25F2N. The average molecular weight is 269 g/mol. The number of alkyl halides is 2. The quantitative estimate of drug-likeness (QED) is 0.859. The van der Waals surface area contributed by atoms with Gasteiger partial charge in [-0.25, -0.2) is 8.78 Å². The number of nitrogens with one attached hydrogen (secondary N) is 1. The van der Waals surface area contributed by atoms with E-state index in [4.69, 9.17) is 0 Å². The fourth-order valence-corrected chi connectivity index (χ4v) is 2.38. The van der Waals surface area contributed by atoms with E-state index in [9.17, 15) is 8.78 Å². The number of hydrogen-bond donors (Lipinski definition) is 1. The fourth-order valence-electron chi connectivity index (χ4n) is 2.38. The van der Waals surface area contributed by atoms with Crippen LogP contribution in [0.5, 0.6) is 0 Å². The van der Waals surface area contributed by atoms with Crippen molar-refractivity contribution in [2.75, 3.05) is 13.6 Å². The van der Waals surface area contributed by atoms with E-state index in [1.165, 1.54) is 0 Å². The van der Waals surface area contributed by atoms with Crippen LogP contribution in [0.1, 0.15) is 49.4 Å². The standard InChI is InChI=1S/C16H25F2N/c1-11-9-13(15(3,4)5)10-12(2)14(11)16(17,18)7-8-19-6/h9-10,19H,7-8H2,1-6H3. The van der Waals surface area contributed by atoms with Gasteiger partial charge in [-0.2, -0.15) is 0 Å². The van der Waals surface area contributed by atoms with Crippen molar-refractivity contribution < 1.29 is 8.78 Å². The number of aryl methyl sites for hydroxylation is 2. The maximum atomic E-state index is 14.3. The monoisotopic (exact) mass is 269 g/mol. The van der Waals surface area contributed by atoms with Crippen molar-refractivity contribution in [3.05, 3.63) is 34.4 Å². The molecular weight excluding hydrogens is 244 g/mol. The van der Waals surface area contributed by atoms with Gasteiger partial charge < -0.3 is 5.32 Å². The summed E-state index contributed by atoms with van der Waals surface area (Å²) in [5, 5.41) is 2.79. The zero-order chi connectivity index (χ0) is 14.8. The molecule has 0 bridgehead atoms. The van der Waals surface area contributed by atoms with Crippen LogP contribution in [0.2, 0.25) is 0 Å². The van der Waals surface area contributed by atoms with Gasteiger partial charge in [-0.1, -0.05) is 32.9 Å². The summed E-state index contributed by atoms with van der Waals surface area (Å²) < 4.78 is 28.5. The minimum absolute atomic E-state index is 0.0195.